The smallest absolute Gasteiger partial charge is 0.123 e. The second-order valence-corrected chi connectivity index (χ2v) is 5.64. The van der Waals surface area contributed by atoms with Crippen LogP contribution in [0.1, 0.15) is 11.1 Å². The van der Waals surface area contributed by atoms with E-state index in [-0.39, 0.29) is 12.0 Å². The summed E-state index contributed by atoms with van der Waals surface area (Å²) in [6.45, 7) is 5.21. The Morgan fingerprint density at radius 3 is 2.68 bits per heavy atom. The van der Waals surface area contributed by atoms with Gasteiger partial charge in [-0.15, -0.1) is 0 Å². The van der Waals surface area contributed by atoms with Crippen LogP contribution in [0.4, 0.5) is 0 Å². The molecule has 0 unspecified atom stereocenters. The van der Waals surface area contributed by atoms with Gasteiger partial charge in [-0.05, 0) is 20.0 Å². The largest absolute Gasteiger partial charge is 0.496 e. The highest BCUT2D eigenvalue weighted by Crippen LogP contribution is 2.29. The Labute approximate surface area is 114 Å². The van der Waals surface area contributed by atoms with E-state index < -0.39 is 0 Å². The van der Waals surface area contributed by atoms with Gasteiger partial charge in [0, 0.05) is 18.7 Å². The van der Waals surface area contributed by atoms with Crippen molar-refractivity contribution in [2.45, 2.75) is 13.5 Å². The third-order valence-corrected chi connectivity index (χ3v) is 3.63. The van der Waals surface area contributed by atoms with E-state index in [0.29, 0.717) is 13.2 Å². The fraction of sp³-hybridized carbons (Fsp3) is 0.600. The Balaban J connectivity index is 2.02. The third kappa shape index (κ3) is 3.26. The molecule has 4 heteroatoms. The summed E-state index contributed by atoms with van der Waals surface area (Å²) in [5.41, 5.74) is 2.33. The number of hydrogen-bond acceptors (Lipinski definition) is 4. The predicted molar refractivity (Wildman–Crippen MR) is 74.4 cm³/mol. The number of nitrogens with zero attached hydrogens (tertiary/aromatic N) is 1. The Morgan fingerprint density at radius 2 is 2.16 bits per heavy atom. The van der Waals surface area contributed by atoms with Crippen LogP contribution in [0.15, 0.2) is 18.2 Å². The highest BCUT2D eigenvalue weighted by Gasteiger charge is 2.38. The van der Waals surface area contributed by atoms with Crippen molar-refractivity contribution in [1.29, 1.82) is 0 Å². The van der Waals surface area contributed by atoms with Crippen molar-refractivity contribution in [3.05, 3.63) is 29.3 Å². The maximum absolute atomic E-state index is 9.47. The maximum Gasteiger partial charge on any atom is 0.123 e. The monoisotopic (exact) mass is 265 g/mol. The SMILES string of the molecule is COc1ccc(C)cc1CN(C)CC1(CO)COC1. The Morgan fingerprint density at radius 1 is 1.42 bits per heavy atom. The number of aliphatic hydroxyl groups is 1. The normalized spacial score (nSPS) is 17.3. The minimum atomic E-state index is -0.0776. The molecule has 0 aliphatic carbocycles. The lowest BCUT2D eigenvalue weighted by Crippen LogP contribution is -2.52. The second-order valence-electron chi connectivity index (χ2n) is 5.64. The van der Waals surface area contributed by atoms with E-state index in [1.165, 1.54) is 11.1 Å². The lowest BCUT2D eigenvalue weighted by Gasteiger charge is -2.42. The first-order valence-corrected chi connectivity index (χ1v) is 6.59. The van der Waals surface area contributed by atoms with E-state index in [2.05, 4.69) is 31.0 Å². The minimum Gasteiger partial charge on any atom is -0.496 e. The van der Waals surface area contributed by atoms with Gasteiger partial charge in [-0.25, -0.2) is 0 Å². The van der Waals surface area contributed by atoms with Crippen LogP contribution >= 0.6 is 0 Å². The molecular weight excluding hydrogens is 242 g/mol. The molecule has 1 aliphatic rings. The summed E-state index contributed by atoms with van der Waals surface area (Å²) in [6.07, 6.45) is 0. The van der Waals surface area contributed by atoms with Gasteiger partial charge in [0.2, 0.25) is 0 Å². The molecule has 19 heavy (non-hydrogen) atoms. The van der Waals surface area contributed by atoms with Gasteiger partial charge in [0.05, 0.1) is 32.3 Å². The first kappa shape index (κ1) is 14.3. The standard InChI is InChI=1S/C15H23NO3/c1-12-4-5-14(18-3)13(6-12)7-16(2)8-15(9-17)10-19-11-15/h4-6,17H,7-11H2,1-3H3. The Bertz CT molecular complexity index is 424. The first-order chi connectivity index (χ1) is 9.08. The number of methoxy groups -OCH3 is 1. The van der Waals surface area contributed by atoms with Crippen LogP contribution in [-0.4, -0.2) is 50.5 Å². The van der Waals surface area contributed by atoms with E-state index in [4.69, 9.17) is 9.47 Å². The van der Waals surface area contributed by atoms with Gasteiger partial charge >= 0.3 is 0 Å². The summed E-state index contributed by atoms with van der Waals surface area (Å²) in [7, 11) is 3.76. The fourth-order valence-electron chi connectivity index (χ4n) is 2.57. The topological polar surface area (TPSA) is 41.9 Å². The Hall–Kier alpha value is -1.10. The van der Waals surface area contributed by atoms with Gasteiger partial charge in [0.1, 0.15) is 5.75 Å². The van der Waals surface area contributed by atoms with E-state index in [0.717, 1.165) is 18.8 Å². The van der Waals surface area contributed by atoms with Crippen LogP contribution in [0, 0.1) is 12.3 Å². The molecule has 0 saturated carbocycles. The molecule has 1 aliphatic heterocycles. The summed E-state index contributed by atoms with van der Waals surface area (Å²) in [5.74, 6) is 0.917. The molecule has 0 amide bonds. The van der Waals surface area contributed by atoms with Gasteiger partial charge in [0.15, 0.2) is 0 Å². The summed E-state index contributed by atoms with van der Waals surface area (Å²) in [6, 6.07) is 6.21. The molecule has 1 aromatic carbocycles. The molecule has 106 valence electrons. The maximum atomic E-state index is 9.47. The number of aliphatic hydroxyl groups excluding tert-OH is 1. The lowest BCUT2D eigenvalue weighted by molar-refractivity contribution is -0.147. The molecule has 2 rings (SSSR count). The molecule has 1 aromatic rings. The molecule has 1 fully saturated rings. The predicted octanol–water partition coefficient (Wildman–Crippen LogP) is 1.44. The van der Waals surface area contributed by atoms with Crippen LogP contribution in [0.25, 0.3) is 0 Å². The number of benzene rings is 1. The zero-order valence-corrected chi connectivity index (χ0v) is 12.0. The molecule has 0 aromatic heterocycles. The fourth-order valence-corrected chi connectivity index (χ4v) is 2.57. The molecule has 0 radical (unpaired) electrons. The van der Waals surface area contributed by atoms with Crippen molar-refractivity contribution in [2.24, 2.45) is 5.41 Å². The summed E-state index contributed by atoms with van der Waals surface area (Å²) >= 11 is 0. The van der Waals surface area contributed by atoms with Gasteiger partial charge < -0.3 is 19.5 Å². The van der Waals surface area contributed by atoms with E-state index >= 15 is 0 Å². The number of ether oxygens (including phenoxy) is 2. The van der Waals surface area contributed by atoms with Crippen LogP contribution in [0.5, 0.6) is 5.75 Å². The average Bonchev–Trinajstić information content (AvgIpc) is 2.34. The first-order valence-electron chi connectivity index (χ1n) is 6.59. The van der Waals surface area contributed by atoms with Crippen LogP contribution in [0.3, 0.4) is 0 Å². The minimum absolute atomic E-state index is 0.0776. The molecule has 0 bridgehead atoms. The van der Waals surface area contributed by atoms with E-state index in [1.54, 1.807) is 7.11 Å². The molecule has 1 N–H and O–H groups in total. The molecular formula is C15H23NO3. The van der Waals surface area contributed by atoms with Crippen LogP contribution in [-0.2, 0) is 11.3 Å². The second kappa shape index (κ2) is 5.90. The highest BCUT2D eigenvalue weighted by molar-refractivity contribution is 5.36. The van der Waals surface area contributed by atoms with Gasteiger partial charge in [-0.1, -0.05) is 17.7 Å². The zero-order valence-electron chi connectivity index (χ0n) is 12.0. The molecule has 1 saturated heterocycles. The summed E-state index contributed by atoms with van der Waals surface area (Å²) in [5, 5.41) is 9.47. The molecule has 4 nitrogen and oxygen atoms in total. The summed E-state index contributed by atoms with van der Waals surface area (Å²) < 4.78 is 10.6. The molecule has 0 spiro atoms. The van der Waals surface area contributed by atoms with Crippen molar-refractivity contribution >= 4 is 0 Å². The summed E-state index contributed by atoms with van der Waals surface area (Å²) in [4.78, 5) is 2.22. The Kier molecular flexibility index (Phi) is 4.45. The average molecular weight is 265 g/mol. The van der Waals surface area contributed by atoms with Gasteiger partial charge in [-0.2, -0.15) is 0 Å². The quantitative estimate of drug-likeness (QED) is 0.845. The third-order valence-electron chi connectivity index (χ3n) is 3.63. The van der Waals surface area contributed by atoms with Crippen molar-refractivity contribution in [1.82, 2.24) is 4.90 Å². The molecule has 0 atom stereocenters. The van der Waals surface area contributed by atoms with Gasteiger partial charge in [-0.3, -0.25) is 0 Å². The van der Waals surface area contributed by atoms with Crippen LogP contribution < -0.4 is 4.74 Å². The number of aryl methyl sites for hydroxylation is 1. The van der Waals surface area contributed by atoms with Crippen molar-refractivity contribution < 1.29 is 14.6 Å². The van der Waals surface area contributed by atoms with E-state index in [9.17, 15) is 5.11 Å². The zero-order chi connectivity index (χ0) is 13.9. The van der Waals surface area contributed by atoms with Crippen molar-refractivity contribution in [3.63, 3.8) is 0 Å². The lowest BCUT2D eigenvalue weighted by atomic mass is 9.86. The van der Waals surface area contributed by atoms with Crippen LogP contribution in [0.2, 0.25) is 0 Å². The van der Waals surface area contributed by atoms with Gasteiger partial charge in [0.25, 0.3) is 0 Å². The van der Waals surface area contributed by atoms with Crippen molar-refractivity contribution in [2.75, 3.05) is 40.5 Å². The number of rotatable bonds is 6. The van der Waals surface area contributed by atoms with Crippen molar-refractivity contribution in [3.8, 4) is 5.75 Å². The highest BCUT2D eigenvalue weighted by atomic mass is 16.5. The molecule has 1 heterocycles. The number of hydrogen-bond donors (Lipinski definition) is 1. The van der Waals surface area contributed by atoms with E-state index in [1.807, 2.05) is 6.07 Å².